The van der Waals surface area contributed by atoms with E-state index in [1.54, 1.807) is 0 Å². The molecule has 162 valence electrons. The summed E-state index contributed by atoms with van der Waals surface area (Å²) in [6, 6.07) is 7.90. The van der Waals surface area contributed by atoms with Gasteiger partial charge in [0.2, 0.25) is 0 Å². The number of nitrogens with zero attached hydrogens (tertiary/aromatic N) is 3. The molecular weight excluding hydrogens is 404 g/mol. The van der Waals surface area contributed by atoms with Crippen LogP contribution in [0, 0.1) is 0 Å². The molecule has 0 bridgehead atoms. The molecule has 2 aliphatic rings. The van der Waals surface area contributed by atoms with Crippen LogP contribution in [0.2, 0.25) is 0 Å². The van der Waals surface area contributed by atoms with Crippen LogP contribution in [0.5, 0.6) is 5.75 Å². The van der Waals surface area contributed by atoms with Gasteiger partial charge in [-0.15, -0.1) is 0 Å². The first-order valence-corrected chi connectivity index (χ1v) is 11.2. The second-order valence-corrected chi connectivity index (χ2v) is 8.59. The summed E-state index contributed by atoms with van der Waals surface area (Å²) in [6.07, 6.45) is 5.72. The maximum Gasteiger partial charge on any atom is 0.255 e. The number of hydrogen-bond donors (Lipinski definition) is 4. The molecule has 5 N–H and O–H groups in total. The predicted molar refractivity (Wildman–Crippen MR) is 124 cm³/mol. The maximum atomic E-state index is 13.3. The molecule has 32 heavy (non-hydrogen) atoms. The molecule has 0 spiro atoms. The molecule has 4 aromatic rings. The number of nitrogens with one attached hydrogen (secondary N) is 2. The molecule has 2 atom stereocenters. The van der Waals surface area contributed by atoms with Crippen LogP contribution in [0.25, 0.3) is 32.6 Å². The Labute approximate surface area is 183 Å². The number of anilines is 1. The first kappa shape index (κ1) is 19.2. The Balaban J connectivity index is 1.80. The topological polar surface area (TPSA) is 126 Å². The fraction of sp³-hybridized carbons (Fsp3) is 0.333. The molecule has 2 heterocycles. The fourth-order valence-corrected chi connectivity index (χ4v) is 5.31. The van der Waals surface area contributed by atoms with Crippen LogP contribution in [0.4, 0.5) is 5.69 Å². The lowest BCUT2D eigenvalue weighted by atomic mass is 9.87. The molecule has 1 aliphatic heterocycles. The number of aromatic nitrogens is 2. The van der Waals surface area contributed by atoms with Crippen molar-refractivity contribution in [3.63, 3.8) is 0 Å². The molecule has 3 aromatic carbocycles. The Bertz CT molecular complexity index is 1450. The summed E-state index contributed by atoms with van der Waals surface area (Å²) >= 11 is 0. The van der Waals surface area contributed by atoms with Crippen molar-refractivity contribution < 1.29 is 9.90 Å². The van der Waals surface area contributed by atoms with E-state index in [1.807, 2.05) is 24.3 Å². The second kappa shape index (κ2) is 7.27. The molecule has 0 radical (unpaired) electrons. The number of benzene rings is 3. The van der Waals surface area contributed by atoms with Crippen molar-refractivity contribution in [1.29, 1.82) is 0 Å². The van der Waals surface area contributed by atoms with Gasteiger partial charge in [0, 0.05) is 35.3 Å². The number of hydrogen-bond acceptors (Lipinski definition) is 7. The Morgan fingerprint density at radius 2 is 1.91 bits per heavy atom. The molecule has 1 amide bonds. The monoisotopic (exact) mass is 428 g/mol. The summed E-state index contributed by atoms with van der Waals surface area (Å²) in [4.78, 5) is 27.5. The highest BCUT2D eigenvalue weighted by Crippen LogP contribution is 2.41. The van der Waals surface area contributed by atoms with Gasteiger partial charge in [0.1, 0.15) is 12.1 Å². The average molecular weight is 428 g/mol. The number of carbonyl (C=O) groups excluding carboxylic acids is 1. The van der Waals surface area contributed by atoms with Crippen LogP contribution in [-0.4, -0.2) is 46.2 Å². The van der Waals surface area contributed by atoms with Gasteiger partial charge in [-0.1, -0.05) is 37.1 Å². The number of amides is 1. The van der Waals surface area contributed by atoms with Gasteiger partial charge >= 0.3 is 0 Å². The van der Waals surface area contributed by atoms with Gasteiger partial charge in [-0.3, -0.25) is 9.79 Å². The molecule has 1 aromatic heterocycles. The van der Waals surface area contributed by atoms with Gasteiger partial charge in [0.15, 0.2) is 0 Å². The molecule has 1 aliphatic carbocycles. The minimum absolute atomic E-state index is 0.114. The van der Waals surface area contributed by atoms with E-state index in [0.717, 1.165) is 31.1 Å². The van der Waals surface area contributed by atoms with Crippen molar-refractivity contribution in [1.82, 2.24) is 15.3 Å². The van der Waals surface area contributed by atoms with Crippen LogP contribution < -0.4 is 21.7 Å². The SMILES string of the molecule is NCCNC(=O)c1c2c(c3c(O)c4ccccc4c4ncnc1c34)=N[C@H]1CCCC[C@@H]1N2. The lowest BCUT2D eigenvalue weighted by molar-refractivity contribution is 0.0956. The summed E-state index contributed by atoms with van der Waals surface area (Å²) in [5, 5.41) is 21.3. The van der Waals surface area contributed by atoms with Gasteiger partial charge in [0.05, 0.1) is 39.1 Å². The fourth-order valence-electron chi connectivity index (χ4n) is 5.31. The van der Waals surface area contributed by atoms with E-state index in [-0.39, 0.29) is 23.7 Å². The summed E-state index contributed by atoms with van der Waals surface area (Å²) in [5.41, 5.74) is 7.93. The van der Waals surface area contributed by atoms with E-state index in [4.69, 9.17) is 10.7 Å². The largest absolute Gasteiger partial charge is 0.507 e. The first-order valence-electron chi connectivity index (χ1n) is 11.2. The molecular formula is C24H24N6O2. The van der Waals surface area contributed by atoms with E-state index in [0.29, 0.717) is 56.9 Å². The third kappa shape index (κ3) is 2.65. The predicted octanol–water partition coefficient (Wildman–Crippen LogP) is 2.41. The van der Waals surface area contributed by atoms with Crippen molar-refractivity contribution >= 4 is 44.2 Å². The zero-order chi connectivity index (χ0) is 21.8. The Morgan fingerprint density at radius 1 is 1.12 bits per heavy atom. The molecule has 0 saturated heterocycles. The number of nitrogens with two attached hydrogens (primary N) is 1. The molecule has 1 fully saturated rings. The second-order valence-electron chi connectivity index (χ2n) is 8.59. The van der Waals surface area contributed by atoms with Gasteiger partial charge in [-0.05, 0) is 12.8 Å². The zero-order valence-corrected chi connectivity index (χ0v) is 17.6. The van der Waals surface area contributed by atoms with Gasteiger partial charge in [-0.25, -0.2) is 9.97 Å². The highest BCUT2D eigenvalue weighted by atomic mass is 16.3. The standard InChI is InChI=1S/C24H24N6O2/c25-9-10-26-24(32)18-20-16-17(21-22(18)30-15-8-4-3-7-14(15)29-21)23(31)13-6-2-1-5-12(13)19(16)27-11-28-20/h1-2,5-6,11,14-15,30-31H,3-4,7-10,25H2,(H,26,32)/t14-,15-/m0/s1. The van der Waals surface area contributed by atoms with Crippen molar-refractivity contribution in [2.75, 3.05) is 18.4 Å². The Hall–Kier alpha value is -3.52. The number of rotatable bonds is 3. The van der Waals surface area contributed by atoms with Crippen LogP contribution >= 0.6 is 0 Å². The number of phenols is 1. The molecule has 8 heteroatoms. The van der Waals surface area contributed by atoms with Crippen LogP contribution in [-0.2, 0) is 0 Å². The minimum Gasteiger partial charge on any atom is -0.507 e. The average Bonchev–Trinajstić information content (AvgIpc) is 2.83. The van der Waals surface area contributed by atoms with Crippen molar-refractivity contribution in [3.05, 3.63) is 41.5 Å². The first-order chi connectivity index (χ1) is 15.7. The minimum atomic E-state index is -0.252. The normalized spacial score (nSPS) is 19.9. The number of aromatic hydroxyl groups is 1. The maximum absolute atomic E-state index is 13.3. The number of carbonyl (C=O) groups is 1. The lowest BCUT2D eigenvalue weighted by Crippen LogP contribution is -2.43. The van der Waals surface area contributed by atoms with Crippen molar-refractivity contribution in [2.45, 2.75) is 37.8 Å². The molecule has 0 unspecified atom stereocenters. The van der Waals surface area contributed by atoms with E-state index in [2.05, 4.69) is 20.6 Å². The third-order valence-corrected chi connectivity index (χ3v) is 6.74. The summed E-state index contributed by atoms with van der Waals surface area (Å²) in [7, 11) is 0. The van der Waals surface area contributed by atoms with Crippen LogP contribution in [0.1, 0.15) is 36.0 Å². The number of phenolic OH excluding ortho intramolecular Hbond substituents is 1. The lowest BCUT2D eigenvalue weighted by Gasteiger charge is -2.35. The third-order valence-electron chi connectivity index (χ3n) is 6.74. The summed E-state index contributed by atoms with van der Waals surface area (Å²) < 4.78 is 0. The summed E-state index contributed by atoms with van der Waals surface area (Å²) in [5.74, 6) is -0.101. The van der Waals surface area contributed by atoms with E-state index in [1.165, 1.54) is 6.33 Å². The Morgan fingerprint density at radius 3 is 2.75 bits per heavy atom. The van der Waals surface area contributed by atoms with Crippen LogP contribution in [0.15, 0.2) is 35.6 Å². The molecule has 8 nitrogen and oxygen atoms in total. The number of fused-ring (bicyclic) bond motifs is 5. The summed E-state index contributed by atoms with van der Waals surface area (Å²) in [6.45, 7) is 0.701. The molecule has 1 saturated carbocycles. The van der Waals surface area contributed by atoms with Crippen molar-refractivity contribution in [3.8, 4) is 5.75 Å². The molecule has 6 rings (SSSR count). The van der Waals surface area contributed by atoms with E-state index >= 15 is 0 Å². The van der Waals surface area contributed by atoms with E-state index < -0.39 is 0 Å². The quantitative estimate of drug-likeness (QED) is 0.293. The highest BCUT2D eigenvalue weighted by Gasteiger charge is 2.33. The van der Waals surface area contributed by atoms with Gasteiger partial charge in [0.25, 0.3) is 5.91 Å². The Kier molecular flexibility index (Phi) is 4.36. The van der Waals surface area contributed by atoms with Crippen LogP contribution in [0.3, 0.4) is 0 Å². The highest BCUT2D eigenvalue weighted by molar-refractivity contribution is 6.26. The van der Waals surface area contributed by atoms with Crippen molar-refractivity contribution in [2.24, 2.45) is 10.7 Å². The zero-order valence-electron chi connectivity index (χ0n) is 17.6. The van der Waals surface area contributed by atoms with Gasteiger partial charge < -0.3 is 21.5 Å². The van der Waals surface area contributed by atoms with Gasteiger partial charge in [-0.2, -0.15) is 0 Å². The smallest absolute Gasteiger partial charge is 0.255 e. The van der Waals surface area contributed by atoms with E-state index in [9.17, 15) is 9.90 Å².